The van der Waals surface area contributed by atoms with Crippen molar-refractivity contribution < 1.29 is 29.1 Å². The first-order valence-corrected chi connectivity index (χ1v) is 13.9. The highest BCUT2D eigenvalue weighted by molar-refractivity contribution is 7.58. The summed E-state index contributed by atoms with van der Waals surface area (Å²) in [5.74, 6) is 1.29. The molecule has 0 aromatic heterocycles. The smallest absolute Gasteiger partial charge is 0.201 e. The van der Waals surface area contributed by atoms with Crippen LogP contribution in [-0.2, 0) is 9.13 Å². The van der Waals surface area contributed by atoms with Gasteiger partial charge < -0.3 is 20.0 Å². The molecule has 0 saturated heterocycles. The van der Waals surface area contributed by atoms with Crippen LogP contribution in [0, 0.1) is 23.7 Å². The molecule has 0 aliphatic carbocycles. The number of aliphatic hydroxyl groups is 2. The largest absolute Gasteiger partial charge is 0.394 e. The minimum absolute atomic E-state index is 0.139. The molecule has 8 heteroatoms. The van der Waals surface area contributed by atoms with Crippen LogP contribution in [0.1, 0.15) is 62.3 Å². The maximum atomic E-state index is 11.4. The number of hydrogen-bond acceptors (Lipinski definition) is 4. The van der Waals surface area contributed by atoms with E-state index >= 15 is 0 Å². The van der Waals surface area contributed by atoms with Gasteiger partial charge in [0.1, 0.15) is 0 Å². The molecule has 0 saturated carbocycles. The van der Waals surface area contributed by atoms with Gasteiger partial charge in [-0.05, 0) is 30.6 Å². The zero-order chi connectivity index (χ0) is 22.4. The van der Waals surface area contributed by atoms with E-state index in [0.717, 1.165) is 0 Å². The molecule has 4 N–H and O–H groups in total. The monoisotopic (exact) mass is 432 g/mol. The average Bonchev–Trinajstić information content (AvgIpc) is 2.32. The van der Waals surface area contributed by atoms with Crippen molar-refractivity contribution in [2.24, 2.45) is 23.7 Å². The van der Waals surface area contributed by atoms with Gasteiger partial charge >= 0.3 is 0 Å². The molecule has 168 valence electrons. The Bertz CT molecular complexity index is 370. The van der Waals surface area contributed by atoms with Crippen molar-refractivity contribution in [3.05, 3.63) is 0 Å². The molecule has 0 aromatic rings. The van der Waals surface area contributed by atoms with Crippen LogP contribution in [0.25, 0.3) is 0 Å². The lowest BCUT2D eigenvalue weighted by molar-refractivity contribution is 0.110. The molecule has 0 radical (unpaired) electrons. The van der Waals surface area contributed by atoms with Crippen molar-refractivity contribution in [3.8, 4) is 0 Å². The van der Waals surface area contributed by atoms with E-state index in [1.54, 1.807) is 0 Å². The van der Waals surface area contributed by atoms with Gasteiger partial charge in [0.05, 0.1) is 12.7 Å². The molecule has 1 atom stereocenters. The lowest BCUT2D eigenvalue weighted by Crippen LogP contribution is -2.05. The molecule has 0 aliphatic rings. The highest BCUT2D eigenvalue weighted by Gasteiger charge is 2.21. The Morgan fingerprint density at radius 2 is 0.741 bits per heavy atom. The fraction of sp³-hybridized carbons (Fsp3) is 1.00. The van der Waals surface area contributed by atoms with Crippen molar-refractivity contribution in [2.45, 2.75) is 68.4 Å². The van der Waals surface area contributed by atoms with E-state index in [-0.39, 0.29) is 6.61 Å². The normalized spacial score (nSPS) is 13.4. The summed E-state index contributed by atoms with van der Waals surface area (Å²) in [6, 6.07) is 0. The van der Waals surface area contributed by atoms with E-state index in [9.17, 15) is 18.9 Å². The zero-order valence-corrected chi connectivity index (χ0v) is 20.7. The zero-order valence-electron chi connectivity index (χ0n) is 18.9. The Morgan fingerprint density at radius 1 is 0.593 bits per heavy atom. The standard InChI is InChI=1S/2C8H19O2P.C3H8O2/c2*1-7(2)5-11(9,10)6-8(3)4;1-3(5)2-4/h2*7-8H,5-6H2,1-4H3,(H,9,10);3-5H,2H2,1H3. The Morgan fingerprint density at radius 3 is 0.815 bits per heavy atom. The number of rotatable bonds is 9. The lowest BCUT2D eigenvalue weighted by atomic mass is 10.3. The maximum absolute atomic E-state index is 11.4. The molecule has 27 heavy (non-hydrogen) atoms. The molecule has 0 rings (SSSR count). The van der Waals surface area contributed by atoms with Gasteiger partial charge in [0.2, 0.25) is 14.7 Å². The summed E-state index contributed by atoms with van der Waals surface area (Å²) in [7, 11) is -5.61. The van der Waals surface area contributed by atoms with Crippen LogP contribution in [-0.4, -0.2) is 57.4 Å². The van der Waals surface area contributed by atoms with Crippen LogP contribution < -0.4 is 0 Å². The van der Waals surface area contributed by atoms with Gasteiger partial charge in [-0.1, -0.05) is 55.4 Å². The van der Waals surface area contributed by atoms with Gasteiger partial charge in [-0.3, -0.25) is 9.13 Å². The van der Waals surface area contributed by atoms with Crippen LogP contribution in [0.15, 0.2) is 0 Å². The first kappa shape index (κ1) is 32.0. The van der Waals surface area contributed by atoms with E-state index in [0.29, 0.717) is 48.3 Å². The molecule has 0 fully saturated rings. The lowest BCUT2D eigenvalue weighted by Gasteiger charge is -2.15. The van der Waals surface area contributed by atoms with Crippen molar-refractivity contribution in [1.82, 2.24) is 0 Å². The minimum atomic E-state index is -2.80. The van der Waals surface area contributed by atoms with Crippen LogP contribution in [0.5, 0.6) is 0 Å². The Kier molecular flexibility index (Phi) is 19.1. The second kappa shape index (κ2) is 16.1. The second-order valence-corrected chi connectivity index (χ2v) is 13.9. The highest BCUT2D eigenvalue weighted by Crippen LogP contribution is 2.44. The molecule has 0 bridgehead atoms. The van der Waals surface area contributed by atoms with Gasteiger partial charge in [-0.2, -0.15) is 0 Å². The van der Waals surface area contributed by atoms with Crippen LogP contribution in [0.3, 0.4) is 0 Å². The first-order chi connectivity index (χ1) is 11.9. The Labute approximate surface area is 167 Å². The van der Waals surface area contributed by atoms with Crippen molar-refractivity contribution in [2.75, 3.05) is 31.3 Å². The van der Waals surface area contributed by atoms with Crippen molar-refractivity contribution in [1.29, 1.82) is 0 Å². The SMILES string of the molecule is CC(C)CP(=O)(O)CC(C)C.CC(C)CP(=O)(O)CC(C)C.CC(O)CO. The molecule has 0 heterocycles. The molecular weight excluding hydrogens is 386 g/mol. The third-order valence-electron chi connectivity index (χ3n) is 2.87. The van der Waals surface area contributed by atoms with E-state index in [1.165, 1.54) is 6.92 Å². The minimum Gasteiger partial charge on any atom is -0.394 e. The molecule has 0 aromatic carbocycles. The van der Waals surface area contributed by atoms with Gasteiger partial charge in [0, 0.05) is 24.6 Å². The van der Waals surface area contributed by atoms with Gasteiger partial charge in [0.15, 0.2) is 0 Å². The van der Waals surface area contributed by atoms with Gasteiger partial charge in [0.25, 0.3) is 0 Å². The summed E-state index contributed by atoms with van der Waals surface area (Å²) in [4.78, 5) is 18.8. The second-order valence-electron chi connectivity index (χ2n) is 9.03. The molecule has 1 unspecified atom stereocenters. The maximum Gasteiger partial charge on any atom is 0.201 e. The van der Waals surface area contributed by atoms with Crippen LogP contribution in [0.2, 0.25) is 0 Å². The van der Waals surface area contributed by atoms with Gasteiger partial charge in [-0.15, -0.1) is 0 Å². The van der Waals surface area contributed by atoms with Crippen molar-refractivity contribution >= 4 is 14.7 Å². The summed E-state index contributed by atoms with van der Waals surface area (Å²) in [6.07, 6.45) is 1.29. The summed E-state index contributed by atoms with van der Waals surface area (Å²) >= 11 is 0. The topological polar surface area (TPSA) is 115 Å². The average molecular weight is 433 g/mol. The number of aliphatic hydroxyl groups excluding tert-OH is 2. The van der Waals surface area contributed by atoms with E-state index in [1.807, 2.05) is 55.4 Å². The summed E-state index contributed by atoms with van der Waals surface area (Å²) in [6.45, 7) is 17.2. The molecule has 0 amide bonds. The van der Waals surface area contributed by atoms with E-state index in [4.69, 9.17) is 10.2 Å². The number of hydrogen-bond donors (Lipinski definition) is 4. The fourth-order valence-electron chi connectivity index (χ4n) is 2.43. The van der Waals surface area contributed by atoms with E-state index in [2.05, 4.69) is 0 Å². The Hall–Kier alpha value is 0.300. The fourth-order valence-corrected chi connectivity index (χ4v) is 7.29. The quantitative estimate of drug-likeness (QED) is 0.399. The highest BCUT2D eigenvalue weighted by atomic mass is 31.2. The first-order valence-electron chi connectivity index (χ1n) is 9.84. The molecular formula is C19H46O6P2. The van der Waals surface area contributed by atoms with Gasteiger partial charge in [-0.25, -0.2) is 0 Å². The van der Waals surface area contributed by atoms with Crippen LogP contribution in [0.4, 0.5) is 0 Å². The van der Waals surface area contributed by atoms with Crippen LogP contribution >= 0.6 is 14.7 Å². The predicted molar refractivity (Wildman–Crippen MR) is 117 cm³/mol. The molecule has 0 spiro atoms. The molecule has 6 nitrogen and oxygen atoms in total. The van der Waals surface area contributed by atoms with Crippen molar-refractivity contribution in [3.63, 3.8) is 0 Å². The summed E-state index contributed by atoms with van der Waals surface area (Å²) < 4.78 is 22.8. The summed E-state index contributed by atoms with van der Waals surface area (Å²) in [5.41, 5.74) is 0. The Balaban J connectivity index is -0.000000344. The third-order valence-corrected chi connectivity index (χ3v) is 8.07. The molecule has 0 aliphatic heterocycles. The van der Waals surface area contributed by atoms with E-state index < -0.39 is 20.8 Å². The summed E-state index contributed by atoms with van der Waals surface area (Å²) in [5, 5.41) is 16.0. The predicted octanol–water partition coefficient (Wildman–Crippen LogP) is 4.50. The third kappa shape index (κ3) is 31.2.